The molecule has 0 aliphatic heterocycles. The number of imidazole rings is 1. The van der Waals surface area contributed by atoms with Crippen LogP contribution in [-0.2, 0) is 13.5 Å². The van der Waals surface area contributed by atoms with E-state index in [-0.39, 0.29) is 0 Å². The quantitative estimate of drug-likeness (QED) is 0.908. The molecule has 0 radical (unpaired) electrons. The summed E-state index contributed by atoms with van der Waals surface area (Å²) in [5, 5.41) is 0. The Morgan fingerprint density at radius 2 is 2.00 bits per heavy atom. The third-order valence-corrected chi connectivity index (χ3v) is 3.03. The van der Waals surface area contributed by atoms with Crippen LogP contribution in [0.3, 0.4) is 0 Å². The molecule has 96 valence electrons. The van der Waals surface area contributed by atoms with E-state index >= 15 is 0 Å². The zero-order valence-electron chi connectivity index (χ0n) is 10.4. The van der Waals surface area contributed by atoms with Gasteiger partial charge in [0, 0.05) is 24.7 Å². The van der Waals surface area contributed by atoms with E-state index in [0.29, 0.717) is 24.2 Å². The first-order valence-electron chi connectivity index (χ1n) is 5.72. The largest absolute Gasteiger partial charge is 0.335 e. The lowest BCUT2D eigenvalue weighted by Gasteiger charge is -2.02. The monoisotopic (exact) mass is 251 g/mol. The molecule has 2 aromatic rings. The molecule has 3 nitrogen and oxygen atoms in total. The Balaban J connectivity index is 2.50. The maximum atomic E-state index is 13.2. The van der Waals surface area contributed by atoms with Crippen molar-refractivity contribution in [3.8, 4) is 11.3 Å². The lowest BCUT2D eigenvalue weighted by Crippen LogP contribution is -2.08. The predicted octanol–water partition coefficient (Wildman–Crippen LogP) is 2.17. The Kier molecular flexibility index (Phi) is 3.43. The summed E-state index contributed by atoms with van der Waals surface area (Å²) in [7, 11) is 1.89. The third kappa shape index (κ3) is 2.13. The van der Waals surface area contributed by atoms with Gasteiger partial charge in [-0.2, -0.15) is 0 Å². The molecule has 0 amide bonds. The van der Waals surface area contributed by atoms with Gasteiger partial charge in [0.05, 0.1) is 5.69 Å². The van der Waals surface area contributed by atoms with Crippen LogP contribution in [0.15, 0.2) is 18.2 Å². The highest BCUT2D eigenvalue weighted by Gasteiger charge is 2.13. The lowest BCUT2D eigenvalue weighted by molar-refractivity contribution is 0.509. The number of hydrogen-bond acceptors (Lipinski definition) is 2. The minimum Gasteiger partial charge on any atom is -0.335 e. The summed E-state index contributed by atoms with van der Waals surface area (Å²) in [6, 6.07) is 3.80. The van der Waals surface area contributed by atoms with E-state index in [2.05, 4.69) is 4.98 Å². The molecule has 1 aromatic carbocycles. The molecular formula is C13H15F2N3. The van der Waals surface area contributed by atoms with Crippen LogP contribution < -0.4 is 5.73 Å². The molecule has 1 aromatic heterocycles. The Labute approximate surface area is 104 Å². The first-order chi connectivity index (χ1) is 8.54. The number of aromatic nitrogens is 2. The summed E-state index contributed by atoms with van der Waals surface area (Å²) in [6.07, 6.45) is 0.654. The summed E-state index contributed by atoms with van der Waals surface area (Å²) < 4.78 is 28.0. The van der Waals surface area contributed by atoms with E-state index < -0.39 is 11.6 Å². The van der Waals surface area contributed by atoms with Crippen molar-refractivity contribution in [2.45, 2.75) is 13.3 Å². The molecule has 0 atom stereocenters. The number of nitrogens with two attached hydrogens (primary N) is 1. The summed E-state index contributed by atoms with van der Waals surface area (Å²) in [6.45, 7) is 2.39. The smallest absolute Gasteiger partial charge is 0.159 e. The van der Waals surface area contributed by atoms with Crippen LogP contribution >= 0.6 is 0 Å². The molecule has 1 heterocycles. The third-order valence-electron chi connectivity index (χ3n) is 3.03. The molecular weight excluding hydrogens is 236 g/mol. The minimum atomic E-state index is -0.863. The van der Waals surface area contributed by atoms with Crippen LogP contribution in [0.25, 0.3) is 11.3 Å². The molecule has 0 fully saturated rings. The van der Waals surface area contributed by atoms with E-state index in [1.54, 1.807) is 0 Å². The standard InChI is InChI=1S/C13H15F2N3/c1-8-13(17-12(5-6-16)18(8)2)9-3-4-10(14)11(15)7-9/h3-4,7H,5-6,16H2,1-2H3. The van der Waals surface area contributed by atoms with Crippen molar-refractivity contribution >= 4 is 0 Å². The summed E-state index contributed by atoms with van der Waals surface area (Å²) in [4.78, 5) is 4.43. The fourth-order valence-corrected chi connectivity index (χ4v) is 1.91. The minimum absolute atomic E-state index is 0.502. The average Bonchev–Trinajstić information content (AvgIpc) is 2.62. The van der Waals surface area contributed by atoms with E-state index in [4.69, 9.17) is 5.73 Å². The number of hydrogen-bond donors (Lipinski definition) is 1. The van der Waals surface area contributed by atoms with Crippen molar-refractivity contribution in [2.75, 3.05) is 6.54 Å². The van der Waals surface area contributed by atoms with Crippen molar-refractivity contribution in [1.82, 2.24) is 9.55 Å². The number of rotatable bonds is 3. The second-order valence-corrected chi connectivity index (χ2v) is 4.19. The molecule has 2 N–H and O–H groups in total. The average molecular weight is 251 g/mol. The molecule has 0 saturated carbocycles. The number of benzene rings is 1. The zero-order valence-corrected chi connectivity index (χ0v) is 10.4. The molecule has 5 heteroatoms. The number of halogens is 2. The second kappa shape index (κ2) is 4.86. The fraction of sp³-hybridized carbons (Fsp3) is 0.308. The van der Waals surface area contributed by atoms with Crippen molar-refractivity contribution in [1.29, 1.82) is 0 Å². The highest BCUT2D eigenvalue weighted by Crippen LogP contribution is 2.24. The van der Waals surface area contributed by atoms with Crippen LogP contribution in [0.5, 0.6) is 0 Å². The molecule has 0 aliphatic carbocycles. The first-order valence-corrected chi connectivity index (χ1v) is 5.72. The van der Waals surface area contributed by atoms with E-state index in [9.17, 15) is 8.78 Å². The van der Waals surface area contributed by atoms with Gasteiger partial charge < -0.3 is 10.3 Å². The van der Waals surface area contributed by atoms with E-state index in [1.807, 2.05) is 18.5 Å². The van der Waals surface area contributed by atoms with Crippen LogP contribution in [0.2, 0.25) is 0 Å². The Morgan fingerprint density at radius 3 is 2.61 bits per heavy atom. The van der Waals surface area contributed by atoms with Gasteiger partial charge in [0.25, 0.3) is 0 Å². The maximum absolute atomic E-state index is 13.2. The molecule has 0 bridgehead atoms. The summed E-state index contributed by atoms with van der Waals surface area (Å²) in [5.74, 6) is -0.873. The first kappa shape index (κ1) is 12.7. The molecule has 2 rings (SSSR count). The second-order valence-electron chi connectivity index (χ2n) is 4.19. The van der Waals surface area contributed by atoms with Crippen LogP contribution in [0.1, 0.15) is 11.5 Å². The maximum Gasteiger partial charge on any atom is 0.159 e. The van der Waals surface area contributed by atoms with Gasteiger partial charge in [0.2, 0.25) is 0 Å². The van der Waals surface area contributed by atoms with Gasteiger partial charge in [-0.1, -0.05) is 0 Å². The van der Waals surface area contributed by atoms with Gasteiger partial charge in [-0.15, -0.1) is 0 Å². The van der Waals surface area contributed by atoms with E-state index in [1.165, 1.54) is 6.07 Å². The molecule has 18 heavy (non-hydrogen) atoms. The zero-order chi connectivity index (χ0) is 13.3. The van der Waals surface area contributed by atoms with Crippen molar-refractivity contribution in [3.63, 3.8) is 0 Å². The van der Waals surface area contributed by atoms with Gasteiger partial charge in [0.1, 0.15) is 5.82 Å². The van der Waals surface area contributed by atoms with Crippen LogP contribution in [0.4, 0.5) is 8.78 Å². The molecule has 0 aliphatic rings. The fourth-order valence-electron chi connectivity index (χ4n) is 1.91. The Bertz CT molecular complexity index is 576. The Hall–Kier alpha value is -1.75. The van der Waals surface area contributed by atoms with Gasteiger partial charge in [-0.25, -0.2) is 13.8 Å². The molecule has 0 saturated heterocycles. The van der Waals surface area contributed by atoms with Crippen molar-refractivity contribution in [3.05, 3.63) is 41.4 Å². The van der Waals surface area contributed by atoms with Gasteiger partial charge in [-0.05, 0) is 31.7 Å². The summed E-state index contributed by atoms with van der Waals surface area (Å²) in [5.41, 5.74) is 7.66. The summed E-state index contributed by atoms with van der Waals surface area (Å²) >= 11 is 0. The van der Waals surface area contributed by atoms with Gasteiger partial charge in [-0.3, -0.25) is 0 Å². The molecule has 0 spiro atoms. The highest BCUT2D eigenvalue weighted by molar-refractivity contribution is 5.62. The Morgan fingerprint density at radius 1 is 1.28 bits per heavy atom. The normalized spacial score (nSPS) is 10.9. The van der Waals surface area contributed by atoms with Crippen molar-refractivity contribution < 1.29 is 8.78 Å². The topological polar surface area (TPSA) is 43.8 Å². The van der Waals surface area contributed by atoms with Crippen LogP contribution in [0, 0.1) is 18.6 Å². The molecule has 0 unspecified atom stereocenters. The van der Waals surface area contributed by atoms with Crippen molar-refractivity contribution in [2.24, 2.45) is 12.8 Å². The van der Waals surface area contributed by atoms with Gasteiger partial charge >= 0.3 is 0 Å². The van der Waals surface area contributed by atoms with Crippen LogP contribution in [-0.4, -0.2) is 16.1 Å². The van der Waals surface area contributed by atoms with Gasteiger partial charge in [0.15, 0.2) is 11.6 Å². The SMILES string of the molecule is Cc1c(-c2ccc(F)c(F)c2)nc(CCN)n1C. The number of nitrogens with zero attached hydrogens (tertiary/aromatic N) is 2. The predicted molar refractivity (Wildman–Crippen MR) is 66.1 cm³/mol. The lowest BCUT2D eigenvalue weighted by atomic mass is 10.1. The highest BCUT2D eigenvalue weighted by atomic mass is 19.2. The van der Waals surface area contributed by atoms with E-state index in [0.717, 1.165) is 23.7 Å².